The van der Waals surface area contributed by atoms with Gasteiger partial charge in [-0.1, -0.05) is 32.9 Å². The fourth-order valence-electron chi connectivity index (χ4n) is 1.78. The van der Waals surface area contributed by atoms with Crippen molar-refractivity contribution >= 4 is 17.5 Å². The summed E-state index contributed by atoms with van der Waals surface area (Å²) in [5, 5.41) is 11.8. The van der Waals surface area contributed by atoms with Crippen LogP contribution in [0, 0.1) is 5.41 Å². The molecular formula is C16H24N2O3. The van der Waals surface area contributed by atoms with Crippen molar-refractivity contribution < 1.29 is 14.7 Å². The molecule has 0 aromatic heterocycles. The highest BCUT2D eigenvalue weighted by Gasteiger charge is 2.24. The lowest BCUT2D eigenvalue weighted by molar-refractivity contribution is -0.123. The molecule has 2 amide bonds. The highest BCUT2D eigenvalue weighted by atomic mass is 16.3. The SMILES string of the molecule is CCN(CCO)C(=O)c1ccccc1NC(=O)C(C)(C)C. The smallest absolute Gasteiger partial charge is 0.256 e. The zero-order chi connectivity index (χ0) is 16.0. The molecule has 0 aliphatic carbocycles. The molecule has 0 saturated heterocycles. The molecule has 1 rings (SSSR count). The first-order chi connectivity index (χ1) is 9.81. The van der Waals surface area contributed by atoms with E-state index in [9.17, 15) is 9.59 Å². The molecule has 5 heteroatoms. The van der Waals surface area contributed by atoms with Gasteiger partial charge in [-0.05, 0) is 19.1 Å². The van der Waals surface area contributed by atoms with Gasteiger partial charge in [-0.15, -0.1) is 0 Å². The number of benzene rings is 1. The summed E-state index contributed by atoms with van der Waals surface area (Å²) < 4.78 is 0. The number of carbonyl (C=O) groups is 2. The molecular weight excluding hydrogens is 268 g/mol. The Morgan fingerprint density at radius 3 is 2.38 bits per heavy atom. The second-order valence-corrected chi connectivity index (χ2v) is 5.86. The van der Waals surface area contributed by atoms with Crippen LogP contribution >= 0.6 is 0 Å². The van der Waals surface area contributed by atoms with Gasteiger partial charge >= 0.3 is 0 Å². The Balaban J connectivity index is 3.04. The summed E-state index contributed by atoms with van der Waals surface area (Å²) in [4.78, 5) is 26.1. The van der Waals surface area contributed by atoms with Gasteiger partial charge in [0.2, 0.25) is 5.91 Å². The normalized spacial score (nSPS) is 11.1. The van der Waals surface area contributed by atoms with E-state index in [1.165, 1.54) is 0 Å². The van der Waals surface area contributed by atoms with Crippen LogP contribution in [0.4, 0.5) is 5.69 Å². The molecule has 0 spiro atoms. The van der Waals surface area contributed by atoms with Crippen molar-refractivity contribution in [1.82, 2.24) is 4.90 Å². The molecule has 0 aliphatic heterocycles. The molecule has 1 aromatic rings. The third-order valence-corrected chi connectivity index (χ3v) is 3.13. The van der Waals surface area contributed by atoms with Crippen molar-refractivity contribution in [3.8, 4) is 0 Å². The average Bonchev–Trinajstić information content (AvgIpc) is 2.43. The van der Waals surface area contributed by atoms with Gasteiger partial charge in [0, 0.05) is 18.5 Å². The highest BCUT2D eigenvalue weighted by molar-refractivity contribution is 6.04. The minimum atomic E-state index is -0.536. The van der Waals surface area contributed by atoms with Crippen molar-refractivity contribution in [1.29, 1.82) is 0 Å². The Kier molecular flexibility index (Phi) is 5.90. The summed E-state index contributed by atoms with van der Waals surface area (Å²) in [5.74, 6) is -0.343. The molecule has 116 valence electrons. The van der Waals surface area contributed by atoms with E-state index in [2.05, 4.69) is 5.32 Å². The van der Waals surface area contributed by atoms with Crippen LogP contribution < -0.4 is 5.32 Å². The van der Waals surface area contributed by atoms with Crippen LogP contribution in [0.2, 0.25) is 0 Å². The van der Waals surface area contributed by atoms with Crippen LogP contribution in [0.15, 0.2) is 24.3 Å². The Bertz CT molecular complexity index is 506. The van der Waals surface area contributed by atoms with Crippen LogP contribution in [0.1, 0.15) is 38.1 Å². The van der Waals surface area contributed by atoms with E-state index < -0.39 is 5.41 Å². The number of nitrogens with one attached hydrogen (secondary N) is 1. The summed E-state index contributed by atoms with van der Waals surface area (Å²) in [6.45, 7) is 7.99. The summed E-state index contributed by atoms with van der Waals surface area (Å²) in [6, 6.07) is 6.93. The van der Waals surface area contributed by atoms with E-state index in [0.29, 0.717) is 17.8 Å². The second-order valence-electron chi connectivity index (χ2n) is 5.86. The summed E-state index contributed by atoms with van der Waals surface area (Å²) in [6.07, 6.45) is 0. The lowest BCUT2D eigenvalue weighted by Crippen LogP contribution is -2.34. The number of carbonyl (C=O) groups excluding carboxylic acids is 2. The Hall–Kier alpha value is -1.88. The fourth-order valence-corrected chi connectivity index (χ4v) is 1.78. The van der Waals surface area contributed by atoms with Crippen molar-refractivity contribution in [2.75, 3.05) is 25.0 Å². The number of nitrogens with zero attached hydrogens (tertiary/aromatic N) is 1. The summed E-state index contributed by atoms with van der Waals surface area (Å²) in [7, 11) is 0. The maximum atomic E-state index is 12.5. The highest BCUT2D eigenvalue weighted by Crippen LogP contribution is 2.21. The van der Waals surface area contributed by atoms with Gasteiger partial charge in [0.1, 0.15) is 0 Å². The van der Waals surface area contributed by atoms with Crippen LogP contribution in [0.3, 0.4) is 0 Å². The van der Waals surface area contributed by atoms with Gasteiger partial charge in [0.15, 0.2) is 0 Å². The van der Waals surface area contributed by atoms with Crippen molar-refractivity contribution in [2.45, 2.75) is 27.7 Å². The van der Waals surface area contributed by atoms with Gasteiger partial charge in [-0.25, -0.2) is 0 Å². The third-order valence-electron chi connectivity index (χ3n) is 3.13. The number of amides is 2. The molecule has 2 N–H and O–H groups in total. The molecule has 5 nitrogen and oxygen atoms in total. The molecule has 0 bridgehead atoms. The number of likely N-dealkylation sites (N-methyl/N-ethyl adjacent to an activating group) is 1. The average molecular weight is 292 g/mol. The summed E-state index contributed by atoms with van der Waals surface area (Å²) >= 11 is 0. The third kappa shape index (κ3) is 4.56. The number of aliphatic hydroxyl groups excluding tert-OH is 1. The number of anilines is 1. The molecule has 0 radical (unpaired) electrons. The first kappa shape index (κ1) is 17.2. The molecule has 0 heterocycles. The maximum absolute atomic E-state index is 12.5. The molecule has 0 atom stereocenters. The molecule has 0 fully saturated rings. The molecule has 0 saturated carbocycles. The topological polar surface area (TPSA) is 69.6 Å². The Labute approximate surface area is 126 Å². The van der Waals surface area contributed by atoms with Gasteiger partial charge < -0.3 is 15.3 Å². The van der Waals surface area contributed by atoms with E-state index in [1.54, 1.807) is 29.2 Å². The minimum Gasteiger partial charge on any atom is -0.395 e. The van der Waals surface area contributed by atoms with E-state index in [-0.39, 0.29) is 25.0 Å². The van der Waals surface area contributed by atoms with Gasteiger partial charge in [0.05, 0.1) is 17.9 Å². The number of rotatable bonds is 5. The van der Waals surface area contributed by atoms with E-state index in [0.717, 1.165) is 0 Å². The van der Waals surface area contributed by atoms with E-state index in [1.807, 2.05) is 27.7 Å². The fraction of sp³-hybridized carbons (Fsp3) is 0.500. The maximum Gasteiger partial charge on any atom is 0.256 e. The van der Waals surface area contributed by atoms with Gasteiger partial charge in [0.25, 0.3) is 5.91 Å². The number of hydrogen-bond donors (Lipinski definition) is 2. The summed E-state index contributed by atoms with van der Waals surface area (Å²) in [5.41, 5.74) is 0.398. The quantitative estimate of drug-likeness (QED) is 0.873. The first-order valence-corrected chi connectivity index (χ1v) is 7.11. The van der Waals surface area contributed by atoms with Crippen LogP contribution in [-0.2, 0) is 4.79 Å². The van der Waals surface area contributed by atoms with Crippen LogP contribution in [0.5, 0.6) is 0 Å². The number of aliphatic hydroxyl groups is 1. The second kappa shape index (κ2) is 7.22. The monoisotopic (exact) mass is 292 g/mol. The zero-order valence-corrected chi connectivity index (χ0v) is 13.1. The Morgan fingerprint density at radius 1 is 1.24 bits per heavy atom. The van der Waals surface area contributed by atoms with E-state index >= 15 is 0 Å². The molecule has 0 aliphatic rings. The minimum absolute atomic E-state index is 0.0872. The predicted octanol–water partition coefficient (Wildman–Crippen LogP) is 2.13. The number of para-hydroxylation sites is 1. The van der Waals surface area contributed by atoms with Crippen molar-refractivity contribution in [3.05, 3.63) is 29.8 Å². The molecule has 0 unspecified atom stereocenters. The standard InChI is InChI=1S/C16H24N2O3/c1-5-18(10-11-19)14(20)12-8-6-7-9-13(12)17-15(21)16(2,3)4/h6-9,19H,5,10-11H2,1-4H3,(H,17,21). The van der Waals surface area contributed by atoms with Crippen LogP contribution in [0.25, 0.3) is 0 Å². The predicted molar refractivity (Wildman–Crippen MR) is 83.2 cm³/mol. The van der Waals surface area contributed by atoms with Crippen LogP contribution in [-0.4, -0.2) is 41.5 Å². The first-order valence-electron chi connectivity index (χ1n) is 7.11. The van der Waals surface area contributed by atoms with Gasteiger partial charge in [-0.2, -0.15) is 0 Å². The van der Waals surface area contributed by atoms with Gasteiger partial charge in [-0.3, -0.25) is 9.59 Å². The van der Waals surface area contributed by atoms with Crippen molar-refractivity contribution in [3.63, 3.8) is 0 Å². The largest absolute Gasteiger partial charge is 0.395 e. The zero-order valence-electron chi connectivity index (χ0n) is 13.1. The van der Waals surface area contributed by atoms with Crippen molar-refractivity contribution in [2.24, 2.45) is 5.41 Å². The van der Waals surface area contributed by atoms with E-state index in [4.69, 9.17) is 5.11 Å². The lowest BCUT2D eigenvalue weighted by Gasteiger charge is -2.23. The Morgan fingerprint density at radius 2 is 1.86 bits per heavy atom. The number of hydrogen-bond acceptors (Lipinski definition) is 3. The lowest BCUT2D eigenvalue weighted by atomic mass is 9.95. The molecule has 21 heavy (non-hydrogen) atoms. The molecule has 1 aromatic carbocycles.